The van der Waals surface area contributed by atoms with E-state index in [1.54, 1.807) is 0 Å². The van der Waals surface area contributed by atoms with Gasteiger partial charge in [0, 0.05) is 12.2 Å². The molecule has 2 rings (SSSR count). The molecule has 3 heteroatoms. The minimum Gasteiger partial charge on any atom is -0.376 e. The van der Waals surface area contributed by atoms with Gasteiger partial charge in [-0.1, -0.05) is 30.3 Å². The Morgan fingerprint density at radius 2 is 2.12 bits per heavy atom. The zero-order valence-corrected chi connectivity index (χ0v) is 9.93. The van der Waals surface area contributed by atoms with Crippen LogP contribution >= 0.6 is 0 Å². The number of benzene rings is 1. The van der Waals surface area contributed by atoms with Crippen molar-refractivity contribution >= 4 is 5.78 Å². The summed E-state index contributed by atoms with van der Waals surface area (Å²) >= 11 is 0. The molecule has 3 nitrogen and oxygen atoms in total. The van der Waals surface area contributed by atoms with Gasteiger partial charge in [0.05, 0.1) is 12.7 Å². The molecule has 0 spiro atoms. The van der Waals surface area contributed by atoms with Crippen LogP contribution in [0.2, 0.25) is 0 Å². The number of rotatable bonds is 5. The summed E-state index contributed by atoms with van der Waals surface area (Å²) in [6, 6.07) is 9.23. The van der Waals surface area contributed by atoms with Gasteiger partial charge in [0.15, 0.2) is 5.78 Å². The fourth-order valence-corrected chi connectivity index (χ4v) is 1.93. The van der Waals surface area contributed by atoms with Gasteiger partial charge in [-0.15, -0.1) is 0 Å². The monoisotopic (exact) mass is 234 g/mol. The van der Waals surface area contributed by atoms with E-state index in [9.17, 15) is 4.79 Å². The summed E-state index contributed by atoms with van der Waals surface area (Å²) in [6.45, 7) is 1.49. The summed E-state index contributed by atoms with van der Waals surface area (Å²) in [5.74, 6) is 0.0291. The first-order chi connectivity index (χ1) is 8.36. The van der Waals surface area contributed by atoms with Gasteiger partial charge in [-0.25, -0.2) is 0 Å². The molecule has 1 saturated heterocycles. The first-order valence-electron chi connectivity index (χ1n) is 6.14. The Bertz CT molecular complexity index is 342. The number of ketones is 1. The molecule has 1 heterocycles. The standard InChI is InChI=1S/C14H18O3/c15-14(12-6-2-1-3-7-12)11-16-10-13-8-4-5-9-17-13/h1-3,6-7,13H,4-5,8-11H2. The Morgan fingerprint density at radius 1 is 1.29 bits per heavy atom. The molecule has 0 bridgehead atoms. The third-order valence-corrected chi connectivity index (χ3v) is 2.91. The van der Waals surface area contributed by atoms with Gasteiger partial charge < -0.3 is 9.47 Å². The van der Waals surface area contributed by atoms with E-state index in [-0.39, 0.29) is 18.5 Å². The molecule has 1 aliphatic rings. The molecule has 1 unspecified atom stereocenters. The molecular formula is C14H18O3. The largest absolute Gasteiger partial charge is 0.376 e. The molecule has 1 aliphatic heterocycles. The van der Waals surface area contributed by atoms with Crippen LogP contribution in [-0.4, -0.2) is 31.7 Å². The number of carbonyl (C=O) groups excluding carboxylic acids is 1. The van der Waals surface area contributed by atoms with Gasteiger partial charge in [-0.2, -0.15) is 0 Å². The lowest BCUT2D eigenvalue weighted by Crippen LogP contribution is -2.25. The summed E-state index contributed by atoms with van der Waals surface area (Å²) in [4.78, 5) is 11.7. The van der Waals surface area contributed by atoms with Crippen molar-refractivity contribution < 1.29 is 14.3 Å². The highest BCUT2D eigenvalue weighted by molar-refractivity contribution is 5.96. The van der Waals surface area contributed by atoms with Crippen molar-refractivity contribution in [2.45, 2.75) is 25.4 Å². The molecule has 0 N–H and O–H groups in total. The van der Waals surface area contributed by atoms with Crippen molar-refractivity contribution in [2.24, 2.45) is 0 Å². The Hall–Kier alpha value is -1.19. The van der Waals surface area contributed by atoms with Crippen molar-refractivity contribution in [1.29, 1.82) is 0 Å². The number of Topliss-reactive ketones (excluding diaryl/α,β-unsaturated/α-hetero) is 1. The summed E-state index contributed by atoms with van der Waals surface area (Å²) < 4.78 is 10.9. The van der Waals surface area contributed by atoms with Crippen molar-refractivity contribution in [3.63, 3.8) is 0 Å². The predicted molar refractivity (Wildman–Crippen MR) is 65.2 cm³/mol. The Morgan fingerprint density at radius 3 is 2.82 bits per heavy atom. The zero-order valence-electron chi connectivity index (χ0n) is 9.93. The van der Waals surface area contributed by atoms with E-state index in [1.165, 1.54) is 6.42 Å². The molecule has 0 aromatic heterocycles. The molecule has 1 aromatic carbocycles. The average Bonchev–Trinajstić information content (AvgIpc) is 2.41. The van der Waals surface area contributed by atoms with Crippen LogP contribution < -0.4 is 0 Å². The number of ether oxygens (including phenoxy) is 2. The molecular weight excluding hydrogens is 216 g/mol. The molecule has 92 valence electrons. The third-order valence-electron chi connectivity index (χ3n) is 2.91. The Labute approximate surface area is 102 Å². The highest BCUT2D eigenvalue weighted by Gasteiger charge is 2.14. The van der Waals surface area contributed by atoms with Crippen LogP contribution in [0.3, 0.4) is 0 Å². The summed E-state index contributed by atoms with van der Waals surface area (Å²) in [5, 5.41) is 0. The molecule has 0 amide bonds. The fraction of sp³-hybridized carbons (Fsp3) is 0.500. The second-order valence-electron chi connectivity index (χ2n) is 4.29. The Balaban J connectivity index is 1.69. The molecule has 0 radical (unpaired) electrons. The first kappa shape index (κ1) is 12.3. The highest BCUT2D eigenvalue weighted by Crippen LogP contribution is 2.12. The van der Waals surface area contributed by atoms with Crippen molar-refractivity contribution in [3.8, 4) is 0 Å². The van der Waals surface area contributed by atoms with Gasteiger partial charge >= 0.3 is 0 Å². The maximum atomic E-state index is 11.7. The van der Waals surface area contributed by atoms with E-state index in [0.29, 0.717) is 12.2 Å². The summed E-state index contributed by atoms with van der Waals surface area (Å²) in [6.07, 6.45) is 3.55. The van der Waals surface area contributed by atoms with Gasteiger partial charge in [-0.05, 0) is 19.3 Å². The van der Waals surface area contributed by atoms with Gasteiger partial charge in [0.25, 0.3) is 0 Å². The molecule has 1 aromatic rings. The van der Waals surface area contributed by atoms with Crippen molar-refractivity contribution in [2.75, 3.05) is 19.8 Å². The smallest absolute Gasteiger partial charge is 0.188 e. The second-order valence-corrected chi connectivity index (χ2v) is 4.29. The van der Waals surface area contributed by atoms with Crippen molar-refractivity contribution in [3.05, 3.63) is 35.9 Å². The van der Waals surface area contributed by atoms with E-state index < -0.39 is 0 Å². The van der Waals surface area contributed by atoms with Gasteiger partial charge in [0.2, 0.25) is 0 Å². The number of hydrogen-bond acceptors (Lipinski definition) is 3. The lowest BCUT2D eigenvalue weighted by Gasteiger charge is -2.22. The maximum absolute atomic E-state index is 11.7. The summed E-state index contributed by atoms with van der Waals surface area (Å²) in [7, 11) is 0. The van der Waals surface area contributed by atoms with E-state index in [2.05, 4.69) is 0 Å². The Kier molecular flexibility index (Phi) is 4.71. The van der Waals surface area contributed by atoms with Crippen LogP contribution in [0.25, 0.3) is 0 Å². The van der Waals surface area contributed by atoms with Crippen molar-refractivity contribution in [1.82, 2.24) is 0 Å². The molecule has 0 aliphatic carbocycles. The predicted octanol–water partition coefficient (Wildman–Crippen LogP) is 2.46. The van der Waals surface area contributed by atoms with Crippen LogP contribution in [0.1, 0.15) is 29.6 Å². The summed E-state index contributed by atoms with van der Waals surface area (Å²) in [5.41, 5.74) is 0.706. The fourth-order valence-electron chi connectivity index (χ4n) is 1.93. The quantitative estimate of drug-likeness (QED) is 0.734. The molecule has 1 atom stereocenters. The first-order valence-corrected chi connectivity index (χ1v) is 6.14. The van der Waals surface area contributed by atoms with Gasteiger partial charge in [-0.3, -0.25) is 4.79 Å². The molecule has 17 heavy (non-hydrogen) atoms. The van der Waals surface area contributed by atoms with E-state index in [1.807, 2.05) is 30.3 Å². The van der Waals surface area contributed by atoms with Crippen LogP contribution in [0.5, 0.6) is 0 Å². The minimum absolute atomic E-state index is 0.0291. The van der Waals surface area contributed by atoms with E-state index >= 15 is 0 Å². The maximum Gasteiger partial charge on any atom is 0.188 e. The van der Waals surface area contributed by atoms with Crippen LogP contribution in [-0.2, 0) is 9.47 Å². The lowest BCUT2D eigenvalue weighted by atomic mass is 10.1. The SMILES string of the molecule is O=C(COCC1CCCCO1)c1ccccc1. The third kappa shape index (κ3) is 3.95. The van der Waals surface area contributed by atoms with Crippen LogP contribution in [0.4, 0.5) is 0 Å². The number of hydrogen-bond donors (Lipinski definition) is 0. The van der Waals surface area contributed by atoms with Crippen LogP contribution in [0, 0.1) is 0 Å². The van der Waals surface area contributed by atoms with Crippen LogP contribution in [0.15, 0.2) is 30.3 Å². The number of carbonyl (C=O) groups is 1. The van der Waals surface area contributed by atoms with Gasteiger partial charge in [0.1, 0.15) is 6.61 Å². The van der Waals surface area contributed by atoms with E-state index in [0.717, 1.165) is 19.4 Å². The minimum atomic E-state index is 0.0291. The molecule has 0 saturated carbocycles. The average molecular weight is 234 g/mol. The zero-order chi connectivity index (χ0) is 11.9. The topological polar surface area (TPSA) is 35.5 Å². The normalized spacial score (nSPS) is 20.1. The lowest BCUT2D eigenvalue weighted by molar-refractivity contribution is -0.0370. The highest BCUT2D eigenvalue weighted by atomic mass is 16.5. The van der Waals surface area contributed by atoms with E-state index in [4.69, 9.17) is 9.47 Å². The second kappa shape index (κ2) is 6.52. The molecule has 1 fully saturated rings.